The van der Waals surface area contributed by atoms with E-state index in [0.717, 1.165) is 22.8 Å². The third-order valence-electron chi connectivity index (χ3n) is 5.84. The van der Waals surface area contributed by atoms with Gasteiger partial charge < -0.3 is 26.1 Å². The van der Waals surface area contributed by atoms with Gasteiger partial charge in [-0.3, -0.25) is 4.40 Å². The quantitative estimate of drug-likeness (QED) is 0.288. The zero-order valence-corrected chi connectivity index (χ0v) is 19.2. The molecule has 3 aromatic heterocycles. The third kappa shape index (κ3) is 4.35. The molecule has 1 aliphatic rings. The van der Waals surface area contributed by atoms with E-state index in [1.54, 1.807) is 25.4 Å². The molecule has 11 heteroatoms. The minimum Gasteiger partial charge on any atom is -0.494 e. The summed E-state index contributed by atoms with van der Waals surface area (Å²) in [7, 11) is 3.20. The summed E-state index contributed by atoms with van der Waals surface area (Å²) in [5.74, 6) is 2.59. The highest BCUT2D eigenvalue weighted by atomic mass is 19.1. The predicted molar refractivity (Wildman–Crippen MR) is 131 cm³/mol. The van der Waals surface area contributed by atoms with Gasteiger partial charge in [-0.2, -0.15) is 0 Å². The lowest BCUT2D eigenvalue weighted by atomic mass is 9.97. The van der Waals surface area contributed by atoms with Crippen LogP contribution in [0.5, 0.6) is 5.75 Å². The van der Waals surface area contributed by atoms with Gasteiger partial charge in [-0.15, -0.1) is 10.2 Å². The van der Waals surface area contributed by atoms with E-state index < -0.39 is 0 Å². The second kappa shape index (κ2) is 9.37. The Hall–Kier alpha value is -4.54. The van der Waals surface area contributed by atoms with Gasteiger partial charge in [-0.25, -0.2) is 14.4 Å². The molecule has 4 N–H and O–H groups in total. The van der Waals surface area contributed by atoms with Crippen LogP contribution in [0.3, 0.4) is 0 Å². The van der Waals surface area contributed by atoms with E-state index in [1.165, 1.54) is 19.4 Å². The molecule has 0 fully saturated rings. The number of halogens is 1. The molecule has 0 bridgehead atoms. The summed E-state index contributed by atoms with van der Waals surface area (Å²) in [5, 5.41) is 25.6. The van der Waals surface area contributed by atoms with Gasteiger partial charge in [0.25, 0.3) is 0 Å². The molecule has 1 aliphatic heterocycles. The van der Waals surface area contributed by atoms with Crippen molar-refractivity contribution in [2.24, 2.45) is 0 Å². The Labute approximate surface area is 200 Å². The molecule has 1 unspecified atom stereocenters. The lowest BCUT2D eigenvalue weighted by molar-refractivity contribution is 0.386. The molecule has 10 nitrogen and oxygen atoms in total. The minimum absolute atomic E-state index is 0.0339. The van der Waals surface area contributed by atoms with Crippen molar-refractivity contribution in [3.63, 3.8) is 0 Å². The number of pyridine rings is 1. The Morgan fingerprint density at radius 3 is 2.94 bits per heavy atom. The van der Waals surface area contributed by atoms with E-state index in [1.807, 2.05) is 28.7 Å². The van der Waals surface area contributed by atoms with Gasteiger partial charge in [-0.1, -0.05) is 6.07 Å². The van der Waals surface area contributed by atoms with Gasteiger partial charge in [-0.05, 0) is 48.4 Å². The SMILES string of the molecule is CN/C(=C\C=N)Nc1nccc(-c2cc3n4c(nnc4c2)C(Cc2ccc(OC)c(F)c2)CN3)n1. The number of anilines is 2. The highest BCUT2D eigenvalue weighted by Gasteiger charge is 2.26. The molecule has 1 atom stereocenters. The van der Waals surface area contributed by atoms with Crippen LogP contribution in [0.1, 0.15) is 17.3 Å². The molecule has 0 aliphatic carbocycles. The maximum Gasteiger partial charge on any atom is 0.228 e. The Kier molecular flexibility index (Phi) is 5.96. The maximum atomic E-state index is 14.2. The molecule has 178 valence electrons. The molecule has 0 amide bonds. The van der Waals surface area contributed by atoms with Crippen LogP contribution in [0, 0.1) is 11.2 Å². The molecular formula is C24H24FN9O. The van der Waals surface area contributed by atoms with Crippen LogP contribution in [-0.4, -0.2) is 51.5 Å². The first kappa shape index (κ1) is 22.3. The first-order chi connectivity index (χ1) is 17.1. The number of benzene rings is 1. The number of nitrogens with zero attached hydrogens (tertiary/aromatic N) is 5. The van der Waals surface area contributed by atoms with Gasteiger partial charge in [0, 0.05) is 37.5 Å². The van der Waals surface area contributed by atoms with E-state index in [2.05, 4.69) is 36.1 Å². The monoisotopic (exact) mass is 473 g/mol. The topological polar surface area (TPSA) is 125 Å². The van der Waals surface area contributed by atoms with Crippen molar-refractivity contribution in [2.45, 2.75) is 12.3 Å². The van der Waals surface area contributed by atoms with Crippen LogP contribution >= 0.6 is 0 Å². The largest absolute Gasteiger partial charge is 0.494 e. The summed E-state index contributed by atoms with van der Waals surface area (Å²) in [5.41, 5.74) is 3.14. The predicted octanol–water partition coefficient (Wildman–Crippen LogP) is 3.21. The van der Waals surface area contributed by atoms with Crippen LogP contribution < -0.4 is 20.7 Å². The van der Waals surface area contributed by atoms with E-state index in [0.29, 0.717) is 36.1 Å². The van der Waals surface area contributed by atoms with Crippen molar-refractivity contribution in [1.82, 2.24) is 29.9 Å². The zero-order chi connectivity index (χ0) is 24.4. The molecule has 1 aromatic carbocycles. The number of aromatic nitrogens is 5. The van der Waals surface area contributed by atoms with Crippen LogP contribution in [0.4, 0.5) is 16.2 Å². The molecule has 0 radical (unpaired) electrons. The summed E-state index contributed by atoms with van der Waals surface area (Å²) < 4.78 is 21.2. The van der Waals surface area contributed by atoms with Gasteiger partial charge in [0.15, 0.2) is 17.2 Å². The maximum absolute atomic E-state index is 14.2. The number of hydrogen-bond donors (Lipinski definition) is 4. The number of hydrogen-bond acceptors (Lipinski definition) is 9. The van der Waals surface area contributed by atoms with Crippen LogP contribution in [0.25, 0.3) is 16.9 Å². The van der Waals surface area contributed by atoms with E-state index >= 15 is 0 Å². The van der Waals surface area contributed by atoms with Crippen molar-refractivity contribution >= 4 is 23.6 Å². The van der Waals surface area contributed by atoms with E-state index in [4.69, 9.17) is 10.1 Å². The smallest absolute Gasteiger partial charge is 0.228 e. The average molecular weight is 474 g/mol. The van der Waals surface area contributed by atoms with Gasteiger partial charge in [0.1, 0.15) is 17.5 Å². The van der Waals surface area contributed by atoms with Crippen molar-refractivity contribution in [1.29, 1.82) is 5.41 Å². The Bertz CT molecular complexity index is 1430. The van der Waals surface area contributed by atoms with Crippen LogP contribution in [0.2, 0.25) is 0 Å². The van der Waals surface area contributed by atoms with Crippen molar-refractivity contribution in [3.8, 4) is 17.0 Å². The van der Waals surface area contributed by atoms with Gasteiger partial charge in [0.2, 0.25) is 5.95 Å². The second-order valence-corrected chi connectivity index (χ2v) is 8.02. The Morgan fingerprint density at radius 2 is 2.17 bits per heavy atom. The number of methoxy groups -OCH3 is 1. The Morgan fingerprint density at radius 1 is 1.29 bits per heavy atom. The fourth-order valence-corrected chi connectivity index (χ4v) is 4.16. The van der Waals surface area contributed by atoms with Crippen molar-refractivity contribution in [2.75, 3.05) is 31.3 Å². The fourth-order valence-electron chi connectivity index (χ4n) is 4.16. The minimum atomic E-state index is -0.376. The summed E-state index contributed by atoms with van der Waals surface area (Å²) in [6, 6.07) is 10.8. The third-order valence-corrected chi connectivity index (χ3v) is 5.84. The number of rotatable bonds is 8. The molecule has 35 heavy (non-hydrogen) atoms. The van der Waals surface area contributed by atoms with Crippen molar-refractivity contribution < 1.29 is 9.13 Å². The highest BCUT2D eigenvalue weighted by molar-refractivity contribution is 5.72. The molecular weight excluding hydrogens is 449 g/mol. The summed E-state index contributed by atoms with van der Waals surface area (Å²) in [6.45, 7) is 0.640. The van der Waals surface area contributed by atoms with Crippen molar-refractivity contribution in [3.05, 3.63) is 71.7 Å². The zero-order valence-electron chi connectivity index (χ0n) is 19.2. The first-order valence-corrected chi connectivity index (χ1v) is 11.0. The van der Waals surface area contributed by atoms with E-state index in [9.17, 15) is 4.39 Å². The summed E-state index contributed by atoms with van der Waals surface area (Å²) >= 11 is 0. The lowest BCUT2D eigenvalue weighted by Crippen LogP contribution is -2.24. The molecule has 5 rings (SSSR count). The summed E-state index contributed by atoms with van der Waals surface area (Å²) in [4.78, 5) is 8.86. The van der Waals surface area contributed by atoms with Crippen LogP contribution in [0.15, 0.2) is 54.5 Å². The number of nitrogens with one attached hydrogen (secondary N) is 4. The molecule has 4 heterocycles. The number of allylic oxidation sites excluding steroid dienone is 1. The van der Waals surface area contributed by atoms with E-state index in [-0.39, 0.29) is 17.5 Å². The average Bonchev–Trinajstić information content (AvgIpc) is 3.31. The molecule has 0 saturated heterocycles. The molecule has 0 spiro atoms. The van der Waals surface area contributed by atoms with Gasteiger partial charge in [0.05, 0.1) is 12.8 Å². The highest BCUT2D eigenvalue weighted by Crippen LogP contribution is 2.32. The molecule has 4 aromatic rings. The second-order valence-electron chi connectivity index (χ2n) is 8.02. The lowest BCUT2D eigenvalue weighted by Gasteiger charge is -2.24. The first-order valence-electron chi connectivity index (χ1n) is 11.0. The summed E-state index contributed by atoms with van der Waals surface area (Å²) in [6.07, 6.45) is 5.04. The van der Waals surface area contributed by atoms with Gasteiger partial charge >= 0.3 is 0 Å². The van der Waals surface area contributed by atoms with Crippen LogP contribution in [-0.2, 0) is 6.42 Å². The number of ether oxygens (including phenoxy) is 1. The standard InChI is InChI=1S/C24H24FN9O/c1-27-20(5-7-26)31-24-28-8-6-18(30-24)15-11-21-29-13-16(23-33-32-22(12-15)34(21)23)9-14-3-4-19(35-2)17(25)10-14/h3-8,10-12,16,26-27,29H,9,13H2,1-2H3,(H,28,30,31)/b20-5+,26-7?. The normalized spacial score (nSPS) is 14.9. The molecule has 0 saturated carbocycles. The fraction of sp³-hybridized carbons (Fsp3) is 0.208. The Balaban J connectivity index is 1.44.